The molecule has 3 aromatic carbocycles. The number of hydrogen-bond donors (Lipinski definition) is 2. The molecule has 3 aromatic rings. The van der Waals surface area contributed by atoms with Gasteiger partial charge in [-0.25, -0.2) is 9.18 Å². The minimum Gasteiger partial charge on any atom is -0.463 e. The van der Waals surface area contributed by atoms with Crippen molar-refractivity contribution in [3.63, 3.8) is 0 Å². The van der Waals surface area contributed by atoms with Gasteiger partial charge in [0.05, 0.1) is 18.1 Å². The third-order valence-electron chi connectivity index (χ3n) is 6.54. The Kier molecular flexibility index (Phi) is 11.4. The summed E-state index contributed by atoms with van der Waals surface area (Å²) in [6.07, 6.45) is -1.41. The molecule has 1 aliphatic rings. The van der Waals surface area contributed by atoms with E-state index in [-0.39, 0.29) is 6.61 Å². The lowest BCUT2D eigenvalue weighted by Gasteiger charge is -2.37. The van der Waals surface area contributed by atoms with Gasteiger partial charge in [0.1, 0.15) is 24.2 Å². The normalized spacial score (nSPS) is 15.6. The molecule has 4 rings (SSSR count). The molecule has 2 atom stereocenters. The molecule has 0 amide bonds. The number of dihydropyridines is 1. The Morgan fingerprint density at radius 1 is 1.02 bits per heavy atom. The van der Waals surface area contributed by atoms with E-state index in [9.17, 15) is 9.18 Å². The van der Waals surface area contributed by atoms with E-state index in [1.807, 2.05) is 86.3 Å². The van der Waals surface area contributed by atoms with Gasteiger partial charge in [0.15, 0.2) is 0 Å². The first kappa shape index (κ1) is 31.6. The van der Waals surface area contributed by atoms with Crippen molar-refractivity contribution in [3.05, 3.63) is 113 Å². The van der Waals surface area contributed by atoms with Gasteiger partial charge in [-0.2, -0.15) is 0 Å². The van der Waals surface area contributed by atoms with Gasteiger partial charge in [0.2, 0.25) is 6.36 Å². The summed E-state index contributed by atoms with van der Waals surface area (Å²) in [4.78, 5) is 28.1. The molecule has 9 heteroatoms. The standard InChI is InChI=1S/C32H35FN4O3.CH2O/c1-6-39-32(38)27-21(2)35-31(37(5)25-15-11-8-12-16-25)29(28(27)23-13-9-7-10-14-23)30(34-4)36-24-17-19-26(20-18-24)40-22(3)33;1-2/h7-20,22,28,35H,6H2,1-5H3,(H,34,36);1H2. The number of para-hydroxylation sites is 1. The van der Waals surface area contributed by atoms with Crippen LogP contribution < -0.4 is 20.3 Å². The van der Waals surface area contributed by atoms with Crippen LogP contribution in [0, 0.1) is 0 Å². The fourth-order valence-corrected chi connectivity index (χ4v) is 4.75. The van der Waals surface area contributed by atoms with Crippen molar-refractivity contribution in [1.82, 2.24) is 5.32 Å². The minimum absolute atomic E-state index is 0.256. The van der Waals surface area contributed by atoms with E-state index in [1.54, 1.807) is 38.2 Å². The van der Waals surface area contributed by atoms with Gasteiger partial charge in [-0.15, -0.1) is 0 Å². The summed E-state index contributed by atoms with van der Waals surface area (Å²) in [6, 6.07) is 26.8. The number of rotatable bonds is 9. The molecule has 0 aromatic heterocycles. The van der Waals surface area contributed by atoms with E-state index in [4.69, 9.17) is 14.3 Å². The van der Waals surface area contributed by atoms with Crippen LogP contribution in [0.4, 0.5) is 15.8 Å². The predicted molar refractivity (Wildman–Crippen MR) is 165 cm³/mol. The van der Waals surface area contributed by atoms with Gasteiger partial charge in [0.25, 0.3) is 0 Å². The number of allylic oxidation sites excluding steroid dienone is 1. The average Bonchev–Trinajstić information content (AvgIpc) is 3.01. The topological polar surface area (TPSA) is 92.3 Å². The number of carbonyl (C=O) groups excluding carboxylic acids is 2. The summed E-state index contributed by atoms with van der Waals surface area (Å²) in [5.41, 5.74) is 4.59. The summed E-state index contributed by atoms with van der Waals surface area (Å²) in [7, 11) is 3.68. The number of ether oxygens (including phenoxy) is 2. The van der Waals surface area contributed by atoms with Crippen molar-refractivity contribution in [2.24, 2.45) is 4.99 Å². The molecule has 2 unspecified atom stereocenters. The Bertz CT molecular complexity index is 1420. The zero-order chi connectivity index (χ0) is 30.6. The zero-order valence-corrected chi connectivity index (χ0v) is 24.6. The molecule has 1 aliphatic heterocycles. The molecular weight excluding hydrogens is 535 g/mol. The summed E-state index contributed by atoms with van der Waals surface area (Å²) in [5, 5.41) is 6.91. The molecular formula is C33H37FN4O4. The molecule has 0 fully saturated rings. The Hall–Kier alpha value is -4.92. The number of anilines is 2. The van der Waals surface area contributed by atoms with Crippen LogP contribution in [0.5, 0.6) is 5.75 Å². The molecule has 220 valence electrons. The lowest BCUT2D eigenvalue weighted by Crippen LogP contribution is -2.40. The van der Waals surface area contributed by atoms with E-state index in [0.717, 1.165) is 28.3 Å². The van der Waals surface area contributed by atoms with E-state index in [1.165, 1.54) is 6.92 Å². The van der Waals surface area contributed by atoms with Crippen LogP contribution in [0.15, 0.2) is 113 Å². The minimum atomic E-state index is -1.41. The Balaban J connectivity index is 0.00000237. The fourth-order valence-electron chi connectivity index (χ4n) is 4.75. The highest BCUT2D eigenvalue weighted by atomic mass is 19.1. The number of nitrogens with zero attached hydrogens (tertiary/aromatic N) is 2. The maximum atomic E-state index is 13.4. The van der Waals surface area contributed by atoms with Crippen molar-refractivity contribution in [1.29, 1.82) is 0 Å². The van der Waals surface area contributed by atoms with Crippen LogP contribution in [-0.4, -0.2) is 45.7 Å². The Labute approximate surface area is 246 Å². The summed E-state index contributed by atoms with van der Waals surface area (Å²) < 4.78 is 24.0. The molecule has 1 heterocycles. The molecule has 0 saturated heterocycles. The monoisotopic (exact) mass is 572 g/mol. The number of esters is 1. The van der Waals surface area contributed by atoms with E-state index >= 15 is 0 Å². The van der Waals surface area contributed by atoms with Crippen LogP contribution >= 0.6 is 0 Å². The second-order valence-electron chi connectivity index (χ2n) is 9.27. The average molecular weight is 573 g/mol. The molecule has 0 spiro atoms. The lowest BCUT2D eigenvalue weighted by atomic mass is 9.80. The Morgan fingerprint density at radius 3 is 2.17 bits per heavy atom. The third-order valence-corrected chi connectivity index (χ3v) is 6.54. The first-order chi connectivity index (χ1) is 20.3. The number of halogens is 1. The van der Waals surface area contributed by atoms with Gasteiger partial charge in [0, 0.05) is 43.7 Å². The quantitative estimate of drug-likeness (QED) is 0.179. The summed E-state index contributed by atoms with van der Waals surface area (Å²) in [5.74, 6) is 0.871. The van der Waals surface area contributed by atoms with Crippen molar-refractivity contribution < 1.29 is 23.5 Å². The zero-order valence-electron chi connectivity index (χ0n) is 24.6. The highest BCUT2D eigenvalue weighted by Gasteiger charge is 2.38. The SMILES string of the molecule is C=O.CCOC(=O)C1=C(C)NC(N(C)c2ccccc2)=C(C(=NC)Nc2ccc(OC(C)F)cc2)C1c1ccccc1. The number of nitrogens with one attached hydrogen (secondary N) is 2. The van der Waals surface area contributed by atoms with Crippen LogP contribution in [-0.2, 0) is 14.3 Å². The third kappa shape index (κ3) is 7.42. The molecule has 0 radical (unpaired) electrons. The number of amidine groups is 1. The van der Waals surface area contributed by atoms with E-state index < -0.39 is 18.2 Å². The second-order valence-corrected chi connectivity index (χ2v) is 9.27. The smallest absolute Gasteiger partial charge is 0.336 e. The second kappa shape index (κ2) is 15.2. The molecule has 8 nitrogen and oxygen atoms in total. The highest BCUT2D eigenvalue weighted by Crippen LogP contribution is 2.41. The van der Waals surface area contributed by atoms with Crippen LogP contribution in [0.25, 0.3) is 0 Å². The van der Waals surface area contributed by atoms with Crippen molar-refractivity contribution in [2.75, 3.05) is 30.9 Å². The molecule has 0 saturated carbocycles. The molecule has 0 aliphatic carbocycles. The number of benzene rings is 3. The van der Waals surface area contributed by atoms with Crippen molar-refractivity contribution >= 4 is 30.0 Å². The number of hydrogen-bond acceptors (Lipinski definition) is 7. The van der Waals surface area contributed by atoms with Gasteiger partial charge in [-0.1, -0.05) is 48.5 Å². The van der Waals surface area contributed by atoms with Gasteiger partial charge in [-0.05, 0) is 55.8 Å². The number of carbonyl (C=O) groups is 2. The highest BCUT2D eigenvalue weighted by molar-refractivity contribution is 6.12. The van der Waals surface area contributed by atoms with Gasteiger partial charge in [-0.3, -0.25) is 4.99 Å². The molecule has 2 N–H and O–H groups in total. The Morgan fingerprint density at radius 2 is 1.62 bits per heavy atom. The van der Waals surface area contributed by atoms with Crippen LogP contribution in [0.1, 0.15) is 32.3 Å². The summed E-state index contributed by atoms with van der Waals surface area (Å²) in [6.45, 7) is 7.27. The predicted octanol–water partition coefficient (Wildman–Crippen LogP) is 6.21. The number of alkyl halides is 1. The molecule has 42 heavy (non-hydrogen) atoms. The van der Waals surface area contributed by atoms with Crippen LogP contribution in [0.3, 0.4) is 0 Å². The maximum absolute atomic E-state index is 13.4. The lowest BCUT2D eigenvalue weighted by molar-refractivity contribution is -0.138. The van der Waals surface area contributed by atoms with Crippen LogP contribution in [0.2, 0.25) is 0 Å². The number of aliphatic imine (C=N–C) groups is 1. The van der Waals surface area contributed by atoms with Gasteiger partial charge < -0.3 is 29.8 Å². The largest absolute Gasteiger partial charge is 0.463 e. The van der Waals surface area contributed by atoms with Gasteiger partial charge >= 0.3 is 5.97 Å². The van der Waals surface area contributed by atoms with E-state index in [2.05, 4.69) is 15.6 Å². The first-order valence-corrected chi connectivity index (χ1v) is 13.5. The van der Waals surface area contributed by atoms with Crippen molar-refractivity contribution in [3.8, 4) is 5.75 Å². The van der Waals surface area contributed by atoms with E-state index in [0.29, 0.717) is 22.9 Å². The maximum Gasteiger partial charge on any atom is 0.336 e. The molecule has 0 bridgehead atoms. The first-order valence-electron chi connectivity index (χ1n) is 13.5. The fraction of sp³-hybridized carbons (Fsp3) is 0.242. The summed E-state index contributed by atoms with van der Waals surface area (Å²) >= 11 is 0. The van der Waals surface area contributed by atoms with Crippen molar-refractivity contribution in [2.45, 2.75) is 33.0 Å².